The molecule has 2 aromatic rings. The highest BCUT2D eigenvalue weighted by atomic mass is 32.2. The summed E-state index contributed by atoms with van der Waals surface area (Å²) in [7, 11) is 0. The number of carbonyl (C=O) groups excluding carboxylic acids is 1. The van der Waals surface area contributed by atoms with Crippen molar-refractivity contribution in [3.63, 3.8) is 0 Å². The molecule has 2 atom stereocenters. The van der Waals surface area contributed by atoms with Gasteiger partial charge in [-0.1, -0.05) is 25.6 Å². The van der Waals surface area contributed by atoms with E-state index in [-0.39, 0.29) is 5.91 Å². The number of nitrogens with zero attached hydrogens (tertiary/aromatic N) is 4. The molecule has 0 aromatic carbocycles. The van der Waals surface area contributed by atoms with Crippen molar-refractivity contribution in [3.05, 3.63) is 24.5 Å². The van der Waals surface area contributed by atoms with Gasteiger partial charge < -0.3 is 9.32 Å². The molecular formula is C16H20N4O2S. The summed E-state index contributed by atoms with van der Waals surface area (Å²) in [6.45, 7) is 6.08. The van der Waals surface area contributed by atoms with Gasteiger partial charge in [-0.3, -0.25) is 9.78 Å². The molecule has 1 saturated heterocycles. The Bertz CT molecular complexity index is 651. The van der Waals surface area contributed by atoms with Crippen molar-refractivity contribution < 1.29 is 9.21 Å². The maximum absolute atomic E-state index is 12.3. The van der Waals surface area contributed by atoms with Crippen LogP contribution < -0.4 is 0 Å². The number of hydrogen-bond donors (Lipinski definition) is 0. The molecule has 1 aliphatic rings. The maximum atomic E-state index is 12.3. The SMILES string of the molecule is CC1CC(C)CN(C(=O)CSc2nnc(-c3ccncc3)o2)C1. The first kappa shape index (κ1) is 16.0. The number of thioether (sulfide) groups is 1. The van der Waals surface area contributed by atoms with Crippen LogP contribution in [0, 0.1) is 11.8 Å². The lowest BCUT2D eigenvalue weighted by Crippen LogP contribution is -2.43. The highest BCUT2D eigenvalue weighted by molar-refractivity contribution is 7.99. The van der Waals surface area contributed by atoms with Crippen LogP contribution >= 0.6 is 11.8 Å². The third-order valence-electron chi connectivity index (χ3n) is 3.87. The van der Waals surface area contributed by atoms with Crippen LogP contribution in [0.3, 0.4) is 0 Å². The predicted octanol–water partition coefficient (Wildman–Crippen LogP) is 2.73. The molecule has 23 heavy (non-hydrogen) atoms. The van der Waals surface area contributed by atoms with Gasteiger partial charge in [0.15, 0.2) is 0 Å². The van der Waals surface area contributed by atoms with Crippen molar-refractivity contribution in [2.75, 3.05) is 18.8 Å². The number of hydrogen-bond acceptors (Lipinski definition) is 6. The molecule has 1 fully saturated rings. The number of amides is 1. The smallest absolute Gasteiger partial charge is 0.277 e. The second-order valence-electron chi connectivity index (χ2n) is 6.14. The van der Waals surface area contributed by atoms with E-state index in [1.807, 2.05) is 17.0 Å². The molecule has 7 heteroatoms. The minimum Gasteiger partial charge on any atom is -0.411 e. The van der Waals surface area contributed by atoms with E-state index < -0.39 is 0 Å². The van der Waals surface area contributed by atoms with Crippen molar-refractivity contribution >= 4 is 17.7 Å². The van der Waals surface area contributed by atoms with Crippen LogP contribution in [-0.2, 0) is 4.79 Å². The van der Waals surface area contributed by atoms with Gasteiger partial charge in [-0.25, -0.2) is 0 Å². The number of rotatable bonds is 4. The van der Waals surface area contributed by atoms with E-state index in [2.05, 4.69) is 29.0 Å². The first-order chi connectivity index (χ1) is 11.1. The molecule has 0 aliphatic carbocycles. The summed E-state index contributed by atoms with van der Waals surface area (Å²) < 4.78 is 5.59. The zero-order chi connectivity index (χ0) is 16.2. The zero-order valence-corrected chi connectivity index (χ0v) is 14.1. The summed E-state index contributed by atoms with van der Waals surface area (Å²) in [5.74, 6) is 2.04. The lowest BCUT2D eigenvalue weighted by atomic mass is 9.92. The molecule has 122 valence electrons. The first-order valence-electron chi connectivity index (χ1n) is 7.76. The molecule has 0 N–H and O–H groups in total. The summed E-state index contributed by atoms with van der Waals surface area (Å²) >= 11 is 1.29. The fourth-order valence-electron chi connectivity index (χ4n) is 2.96. The van der Waals surface area contributed by atoms with E-state index in [4.69, 9.17) is 4.42 Å². The monoisotopic (exact) mass is 332 g/mol. The quantitative estimate of drug-likeness (QED) is 0.802. The predicted molar refractivity (Wildman–Crippen MR) is 87.8 cm³/mol. The average Bonchev–Trinajstić information content (AvgIpc) is 3.01. The summed E-state index contributed by atoms with van der Waals surface area (Å²) in [6, 6.07) is 3.62. The summed E-state index contributed by atoms with van der Waals surface area (Å²) in [6.07, 6.45) is 4.54. The number of piperidine rings is 1. The number of carbonyl (C=O) groups is 1. The Kier molecular flexibility index (Phi) is 4.95. The standard InChI is InChI=1S/C16H20N4O2S/c1-11-7-12(2)9-20(8-11)14(21)10-23-16-19-18-15(22-16)13-3-5-17-6-4-13/h3-6,11-12H,7-10H2,1-2H3. The molecule has 1 amide bonds. The van der Waals surface area contributed by atoms with Gasteiger partial charge in [0.25, 0.3) is 5.22 Å². The highest BCUT2D eigenvalue weighted by Gasteiger charge is 2.25. The lowest BCUT2D eigenvalue weighted by molar-refractivity contribution is -0.130. The van der Waals surface area contributed by atoms with Crippen LogP contribution in [0.2, 0.25) is 0 Å². The Morgan fingerprint density at radius 1 is 1.26 bits per heavy atom. The van der Waals surface area contributed by atoms with E-state index in [1.165, 1.54) is 18.2 Å². The zero-order valence-electron chi connectivity index (χ0n) is 13.3. The van der Waals surface area contributed by atoms with Gasteiger partial charge >= 0.3 is 0 Å². The fourth-order valence-corrected chi connectivity index (χ4v) is 3.63. The molecule has 1 aliphatic heterocycles. The molecule has 0 saturated carbocycles. The Hall–Kier alpha value is -1.89. The summed E-state index contributed by atoms with van der Waals surface area (Å²) in [5, 5.41) is 8.43. The molecule has 0 bridgehead atoms. The minimum absolute atomic E-state index is 0.136. The van der Waals surface area contributed by atoms with Crippen LogP contribution in [-0.4, -0.2) is 44.8 Å². The van der Waals surface area contributed by atoms with Gasteiger partial charge in [0.2, 0.25) is 11.8 Å². The number of pyridine rings is 1. The van der Waals surface area contributed by atoms with Gasteiger partial charge in [-0.15, -0.1) is 10.2 Å². The third kappa shape index (κ3) is 4.10. The van der Waals surface area contributed by atoms with Crippen LogP contribution in [0.5, 0.6) is 0 Å². The van der Waals surface area contributed by atoms with Crippen molar-refractivity contribution in [1.29, 1.82) is 0 Å². The molecule has 0 spiro atoms. The summed E-state index contributed by atoms with van der Waals surface area (Å²) in [5.41, 5.74) is 0.823. The topological polar surface area (TPSA) is 72.1 Å². The van der Waals surface area contributed by atoms with Gasteiger partial charge in [0, 0.05) is 31.0 Å². The second-order valence-corrected chi connectivity index (χ2v) is 7.07. The first-order valence-corrected chi connectivity index (χ1v) is 8.75. The molecular weight excluding hydrogens is 312 g/mol. The Labute approximate surface area is 139 Å². The highest BCUT2D eigenvalue weighted by Crippen LogP contribution is 2.25. The van der Waals surface area contributed by atoms with E-state index >= 15 is 0 Å². The van der Waals surface area contributed by atoms with Crippen LogP contribution in [0.25, 0.3) is 11.5 Å². The maximum Gasteiger partial charge on any atom is 0.277 e. The Balaban J connectivity index is 1.56. The van der Waals surface area contributed by atoms with E-state index in [9.17, 15) is 4.79 Å². The fraction of sp³-hybridized carbons (Fsp3) is 0.500. The van der Waals surface area contributed by atoms with Crippen LogP contribution in [0.1, 0.15) is 20.3 Å². The summed E-state index contributed by atoms with van der Waals surface area (Å²) in [4.78, 5) is 18.3. The van der Waals surface area contributed by atoms with Gasteiger partial charge in [-0.2, -0.15) is 0 Å². The Morgan fingerprint density at radius 2 is 1.96 bits per heavy atom. The van der Waals surface area contributed by atoms with Crippen LogP contribution in [0.15, 0.2) is 34.2 Å². The molecule has 6 nitrogen and oxygen atoms in total. The van der Waals surface area contributed by atoms with Crippen molar-refractivity contribution in [3.8, 4) is 11.5 Å². The van der Waals surface area contributed by atoms with Gasteiger partial charge in [0.1, 0.15) is 0 Å². The largest absolute Gasteiger partial charge is 0.411 e. The minimum atomic E-state index is 0.136. The molecule has 0 radical (unpaired) electrons. The second kappa shape index (κ2) is 7.12. The normalized spacial score (nSPS) is 21.4. The Morgan fingerprint density at radius 3 is 2.65 bits per heavy atom. The number of likely N-dealkylation sites (tertiary alicyclic amines) is 1. The molecule has 3 rings (SSSR count). The van der Waals surface area contributed by atoms with E-state index in [1.54, 1.807) is 12.4 Å². The van der Waals surface area contributed by atoms with Crippen LogP contribution in [0.4, 0.5) is 0 Å². The van der Waals surface area contributed by atoms with Crippen molar-refractivity contribution in [2.24, 2.45) is 11.8 Å². The van der Waals surface area contributed by atoms with E-state index in [0.717, 1.165) is 18.7 Å². The van der Waals surface area contributed by atoms with Gasteiger partial charge in [0.05, 0.1) is 5.75 Å². The lowest BCUT2D eigenvalue weighted by Gasteiger charge is -2.34. The average molecular weight is 332 g/mol. The van der Waals surface area contributed by atoms with Crippen molar-refractivity contribution in [1.82, 2.24) is 20.1 Å². The molecule has 3 heterocycles. The third-order valence-corrected chi connectivity index (χ3v) is 4.68. The molecule has 2 aromatic heterocycles. The van der Waals surface area contributed by atoms with Crippen molar-refractivity contribution in [2.45, 2.75) is 25.5 Å². The van der Waals surface area contributed by atoms with Gasteiger partial charge in [-0.05, 0) is 30.4 Å². The number of aromatic nitrogens is 3. The van der Waals surface area contributed by atoms with E-state index in [0.29, 0.717) is 28.7 Å². The molecule has 2 unspecified atom stereocenters.